The Labute approximate surface area is 184 Å². The summed E-state index contributed by atoms with van der Waals surface area (Å²) in [4.78, 5) is 6.29. The first-order valence-corrected chi connectivity index (χ1v) is 10.5. The molecule has 0 aromatic heterocycles. The van der Waals surface area contributed by atoms with Gasteiger partial charge in [0.05, 0.1) is 12.0 Å². The number of para-hydroxylation sites is 1. The Bertz CT molecular complexity index is 731. The monoisotopic (exact) mass is 419 g/mol. The minimum atomic E-state index is -0.642. The maximum Gasteiger partial charge on any atom is 0.299 e. The van der Waals surface area contributed by atoms with Crippen LogP contribution in [0.15, 0.2) is 54.6 Å². The lowest BCUT2D eigenvalue weighted by Gasteiger charge is -2.46. The third-order valence-corrected chi connectivity index (χ3v) is 5.10. The average Bonchev–Trinajstić information content (AvgIpc) is 2.61. The van der Waals surface area contributed by atoms with Crippen LogP contribution in [0.3, 0.4) is 0 Å². The molecule has 2 aromatic rings. The number of nitrogens with zero attached hydrogens (tertiary/aromatic N) is 1. The van der Waals surface area contributed by atoms with E-state index in [1.54, 1.807) is 0 Å². The van der Waals surface area contributed by atoms with Gasteiger partial charge in [0.25, 0.3) is 5.72 Å². The van der Waals surface area contributed by atoms with Gasteiger partial charge < -0.3 is 17.1 Å². The fourth-order valence-electron chi connectivity index (χ4n) is 4.01. The summed E-state index contributed by atoms with van der Waals surface area (Å²) < 4.78 is 7.20. The summed E-state index contributed by atoms with van der Waals surface area (Å²) in [6, 6.07) is 18.8. The molecule has 0 bridgehead atoms. The molecule has 0 amide bonds. The SMILES string of the molecule is CCO[N+](C)(C)C(CC(C)C)(Oc1ccccc1)c1ccccc1CC(C)C.[Cl-]. The van der Waals surface area contributed by atoms with Crippen molar-refractivity contribution in [1.29, 1.82) is 0 Å². The molecule has 0 aliphatic heterocycles. The van der Waals surface area contributed by atoms with E-state index in [1.807, 2.05) is 37.3 Å². The largest absolute Gasteiger partial charge is 1.00 e. The van der Waals surface area contributed by atoms with E-state index in [1.165, 1.54) is 11.1 Å². The van der Waals surface area contributed by atoms with Crippen molar-refractivity contribution in [3.63, 3.8) is 0 Å². The van der Waals surface area contributed by atoms with Crippen molar-refractivity contribution in [3.05, 3.63) is 65.7 Å². The Morgan fingerprint density at radius 2 is 1.45 bits per heavy atom. The second kappa shape index (κ2) is 11.0. The van der Waals surface area contributed by atoms with E-state index >= 15 is 0 Å². The van der Waals surface area contributed by atoms with E-state index in [0.717, 1.165) is 18.6 Å². The van der Waals surface area contributed by atoms with Gasteiger partial charge in [0.1, 0.15) is 26.5 Å². The van der Waals surface area contributed by atoms with Crippen LogP contribution in [0.4, 0.5) is 0 Å². The quantitative estimate of drug-likeness (QED) is 0.334. The molecule has 3 nitrogen and oxygen atoms in total. The summed E-state index contributed by atoms with van der Waals surface area (Å²) in [5.41, 5.74) is 1.91. The first-order valence-electron chi connectivity index (χ1n) is 10.5. The maximum atomic E-state index is 6.89. The van der Waals surface area contributed by atoms with Crippen molar-refractivity contribution in [2.24, 2.45) is 11.8 Å². The van der Waals surface area contributed by atoms with E-state index in [4.69, 9.17) is 9.57 Å². The zero-order valence-electron chi connectivity index (χ0n) is 19.1. The number of benzene rings is 2. The van der Waals surface area contributed by atoms with Crippen molar-refractivity contribution < 1.29 is 26.6 Å². The zero-order valence-corrected chi connectivity index (χ0v) is 19.9. The van der Waals surface area contributed by atoms with E-state index < -0.39 is 5.72 Å². The van der Waals surface area contributed by atoms with Crippen LogP contribution in [-0.4, -0.2) is 25.3 Å². The first kappa shape index (κ1) is 25.5. The molecule has 2 aromatic carbocycles. The molecule has 0 aliphatic rings. The number of quaternary nitrogens is 1. The van der Waals surface area contributed by atoms with Crippen molar-refractivity contribution in [3.8, 4) is 5.75 Å². The van der Waals surface area contributed by atoms with Crippen LogP contribution in [0.1, 0.15) is 52.2 Å². The number of ether oxygens (including phenoxy) is 1. The number of hydrogen-bond acceptors (Lipinski definition) is 2. The van der Waals surface area contributed by atoms with E-state index in [-0.39, 0.29) is 12.4 Å². The highest BCUT2D eigenvalue weighted by Crippen LogP contribution is 2.43. The summed E-state index contributed by atoms with van der Waals surface area (Å²) in [5.74, 6) is 1.87. The molecule has 0 fully saturated rings. The van der Waals surface area contributed by atoms with Crippen LogP contribution in [0.25, 0.3) is 0 Å². The van der Waals surface area contributed by atoms with Gasteiger partial charge in [-0.05, 0) is 48.9 Å². The minimum absolute atomic E-state index is 0. The molecule has 0 radical (unpaired) electrons. The lowest BCUT2D eigenvalue weighted by atomic mass is 9.85. The first-order chi connectivity index (χ1) is 13.2. The predicted molar refractivity (Wildman–Crippen MR) is 117 cm³/mol. The minimum Gasteiger partial charge on any atom is -1.00 e. The summed E-state index contributed by atoms with van der Waals surface area (Å²) >= 11 is 0. The van der Waals surface area contributed by atoms with Gasteiger partial charge in [0.2, 0.25) is 0 Å². The molecule has 1 unspecified atom stereocenters. The maximum absolute atomic E-state index is 6.89. The number of halogens is 1. The van der Waals surface area contributed by atoms with Crippen LogP contribution < -0.4 is 17.1 Å². The predicted octanol–water partition coefficient (Wildman–Crippen LogP) is 3.19. The van der Waals surface area contributed by atoms with Crippen molar-refractivity contribution in [2.45, 2.75) is 53.2 Å². The molecular formula is C25H38ClNO2. The molecule has 2 rings (SSSR count). The standard InChI is InChI=1S/C25H38NO2.ClH/c1-8-27-26(6,7)25(19-21(4)5,28-23-15-10-9-11-16-23)24-17-13-12-14-22(24)18-20(2)3;/h9-17,20-21H,8,18-19H2,1-7H3;1H/q+1;/p-1. The highest BCUT2D eigenvalue weighted by atomic mass is 35.5. The Morgan fingerprint density at radius 1 is 0.862 bits per heavy atom. The highest BCUT2D eigenvalue weighted by Gasteiger charge is 2.53. The highest BCUT2D eigenvalue weighted by molar-refractivity contribution is 5.33. The van der Waals surface area contributed by atoms with E-state index in [9.17, 15) is 0 Å². The summed E-state index contributed by atoms with van der Waals surface area (Å²) in [6.07, 6.45) is 1.87. The second-order valence-corrected chi connectivity index (χ2v) is 8.82. The molecule has 0 aliphatic carbocycles. The summed E-state index contributed by atoms with van der Waals surface area (Å²) in [5, 5.41) is 0. The number of hydrogen-bond donors (Lipinski definition) is 0. The van der Waals surface area contributed by atoms with Gasteiger partial charge >= 0.3 is 0 Å². The van der Waals surface area contributed by atoms with Crippen molar-refractivity contribution in [2.75, 3.05) is 20.7 Å². The van der Waals surface area contributed by atoms with Gasteiger partial charge in [-0.3, -0.25) is 0 Å². The molecule has 4 heteroatoms. The van der Waals surface area contributed by atoms with Gasteiger partial charge in [-0.1, -0.05) is 64.1 Å². The van der Waals surface area contributed by atoms with Gasteiger partial charge in [-0.15, -0.1) is 4.65 Å². The third-order valence-electron chi connectivity index (χ3n) is 5.10. The van der Waals surface area contributed by atoms with Crippen molar-refractivity contribution >= 4 is 0 Å². The van der Waals surface area contributed by atoms with Crippen LogP contribution in [0, 0.1) is 11.8 Å². The van der Waals surface area contributed by atoms with Crippen LogP contribution >= 0.6 is 0 Å². The van der Waals surface area contributed by atoms with E-state index in [2.05, 4.69) is 66.1 Å². The average molecular weight is 420 g/mol. The van der Waals surface area contributed by atoms with E-state index in [0.29, 0.717) is 23.1 Å². The van der Waals surface area contributed by atoms with Gasteiger partial charge in [-0.2, -0.15) is 0 Å². The van der Waals surface area contributed by atoms with Crippen LogP contribution in [0.2, 0.25) is 0 Å². The van der Waals surface area contributed by atoms with Crippen LogP contribution in [-0.2, 0) is 17.0 Å². The Balaban J connectivity index is 0.00000420. The third kappa shape index (κ3) is 6.21. The van der Waals surface area contributed by atoms with Gasteiger partial charge in [0.15, 0.2) is 0 Å². The molecule has 0 N–H and O–H groups in total. The Hall–Kier alpha value is -1.55. The molecular weight excluding hydrogens is 382 g/mol. The molecule has 0 heterocycles. The van der Waals surface area contributed by atoms with Gasteiger partial charge in [0, 0.05) is 0 Å². The lowest BCUT2D eigenvalue weighted by molar-refractivity contribution is -1.14. The molecule has 29 heavy (non-hydrogen) atoms. The fourth-order valence-corrected chi connectivity index (χ4v) is 4.01. The molecule has 0 spiro atoms. The number of rotatable bonds is 10. The lowest BCUT2D eigenvalue weighted by Crippen LogP contribution is -3.00. The normalized spacial score (nSPS) is 13.8. The Kier molecular flexibility index (Phi) is 9.67. The summed E-state index contributed by atoms with van der Waals surface area (Å²) in [7, 11) is 4.22. The Morgan fingerprint density at radius 3 is 2.00 bits per heavy atom. The zero-order chi connectivity index (χ0) is 20.8. The molecule has 1 atom stereocenters. The number of hydroxylamine groups is 3. The summed E-state index contributed by atoms with van der Waals surface area (Å²) in [6.45, 7) is 11.7. The van der Waals surface area contributed by atoms with Gasteiger partial charge in [-0.25, -0.2) is 4.84 Å². The second-order valence-electron chi connectivity index (χ2n) is 8.82. The smallest absolute Gasteiger partial charge is 0.299 e. The fraction of sp³-hybridized carbons (Fsp3) is 0.520. The van der Waals surface area contributed by atoms with Crippen molar-refractivity contribution in [1.82, 2.24) is 0 Å². The molecule has 0 saturated carbocycles. The topological polar surface area (TPSA) is 18.5 Å². The molecule has 162 valence electrons. The van der Waals surface area contributed by atoms with Crippen LogP contribution in [0.5, 0.6) is 5.75 Å². The molecule has 0 saturated heterocycles.